The highest BCUT2D eigenvalue weighted by Crippen LogP contribution is 2.38. The second-order valence-electron chi connectivity index (χ2n) is 7.61. The van der Waals surface area contributed by atoms with Crippen molar-refractivity contribution < 1.29 is 28.6 Å². The van der Waals surface area contributed by atoms with Crippen molar-refractivity contribution >= 4 is 17.5 Å². The zero-order chi connectivity index (χ0) is 22.4. The molecule has 1 saturated heterocycles. The standard InChI is InChI=1S/C24H29NO6/c1-16-20(22(28)24(30-3)23(29-2)21(16)27)18(17-8-5-4-6-9-17)10-7-11-19(26)25-12-14-31-15-13-25/h4-6,8-9,18H,7,10-15H2,1-3H3. The molecule has 31 heavy (non-hydrogen) atoms. The minimum atomic E-state index is -0.348. The van der Waals surface area contributed by atoms with E-state index in [1.807, 2.05) is 35.2 Å². The fourth-order valence-electron chi connectivity index (χ4n) is 4.17. The van der Waals surface area contributed by atoms with Crippen molar-refractivity contribution in [3.8, 4) is 0 Å². The largest absolute Gasteiger partial charge is 0.489 e. The molecule has 1 aliphatic carbocycles. The Balaban J connectivity index is 1.84. The fourth-order valence-corrected chi connectivity index (χ4v) is 4.17. The van der Waals surface area contributed by atoms with E-state index in [1.165, 1.54) is 14.2 Å². The average Bonchev–Trinajstić information content (AvgIpc) is 2.81. The van der Waals surface area contributed by atoms with Crippen molar-refractivity contribution in [1.29, 1.82) is 0 Å². The Morgan fingerprint density at radius 2 is 1.65 bits per heavy atom. The lowest BCUT2D eigenvalue weighted by atomic mass is 9.78. The molecule has 7 heteroatoms. The summed E-state index contributed by atoms with van der Waals surface area (Å²) in [5.74, 6) is -1.06. The van der Waals surface area contributed by atoms with Crippen molar-refractivity contribution in [3.63, 3.8) is 0 Å². The molecule has 1 aliphatic heterocycles. The van der Waals surface area contributed by atoms with Crippen LogP contribution in [0, 0.1) is 0 Å². The second-order valence-corrected chi connectivity index (χ2v) is 7.61. The normalized spacial score (nSPS) is 18.4. The van der Waals surface area contributed by atoms with Crippen LogP contribution in [0.5, 0.6) is 0 Å². The summed E-state index contributed by atoms with van der Waals surface area (Å²) in [6.07, 6.45) is 1.54. The summed E-state index contributed by atoms with van der Waals surface area (Å²) in [5.41, 5.74) is 1.69. The van der Waals surface area contributed by atoms with E-state index in [0.717, 1.165) is 5.56 Å². The van der Waals surface area contributed by atoms with Crippen LogP contribution in [0.1, 0.15) is 37.7 Å². The van der Waals surface area contributed by atoms with E-state index in [4.69, 9.17) is 14.2 Å². The van der Waals surface area contributed by atoms with Crippen molar-refractivity contribution in [1.82, 2.24) is 4.90 Å². The molecule has 0 saturated carbocycles. The summed E-state index contributed by atoms with van der Waals surface area (Å²) < 4.78 is 15.7. The van der Waals surface area contributed by atoms with Crippen molar-refractivity contribution in [2.24, 2.45) is 0 Å². The van der Waals surface area contributed by atoms with Gasteiger partial charge in [0, 0.05) is 36.6 Å². The number of amides is 1. The van der Waals surface area contributed by atoms with Gasteiger partial charge in [-0.3, -0.25) is 14.4 Å². The summed E-state index contributed by atoms with van der Waals surface area (Å²) in [5, 5.41) is 0. The van der Waals surface area contributed by atoms with Crippen LogP contribution in [0.4, 0.5) is 0 Å². The van der Waals surface area contributed by atoms with Crippen LogP contribution in [0.2, 0.25) is 0 Å². The van der Waals surface area contributed by atoms with E-state index in [-0.39, 0.29) is 34.9 Å². The number of hydrogen-bond acceptors (Lipinski definition) is 6. The molecule has 1 fully saturated rings. The molecule has 1 heterocycles. The first-order valence-corrected chi connectivity index (χ1v) is 10.5. The zero-order valence-electron chi connectivity index (χ0n) is 18.3. The lowest BCUT2D eigenvalue weighted by Crippen LogP contribution is -2.40. The maximum atomic E-state index is 13.3. The molecule has 1 unspecified atom stereocenters. The molecule has 1 aromatic rings. The van der Waals surface area contributed by atoms with E-state index < -0.39 is 0 Å². The SMILES string of the molecule is COC1=C(OC)C(=O)C(C(CCCC(=O)N2CCOCC2)c2ccccc2)=C(C)C1=O. The van der Waals surface area contributed by atoms with Gasteiger partial charge in [0.1, 0.15) is 0 Å². The Morgan fingerprint density at radius 3 is 2.26 bits per heavy atom. The molecule has 0 bridgehead atoms. The molecule has 2 aliphatic rings. The number of hydrogen-bond donors (Lipinski definition) is 0. The first-order chi connectivity index (χ1) is 15.0. The molecule has 7 nitrogen and oxygen atoms in total. The number of ether oxygens (including phenoxy) is 3. The topological polar surface area (TPSA) is 82.1 Å². The third-order valence-corrected chi connectivity index (χ3v) is 5.81. The first kappa shape index (κ1) is 22.7. The van der Waals surface area contributed by atoms with Gasteiger partial charge in [-0.1, -0.05) is 30.3 Å². The number of methoxy groups -OCH3 is 2. The number of carbonyl (C=O) groups excluding carboxylic acids is 3. The number of benzene rings is 1. The predicted octanol–water partition coefficient (Wildman–Crippen LogP) is 2.77. The minimum Gasteiger partial charge on any atom is -0.489 e. The van der Waals surface area contributed by atoms with Gasteiger partial charge in [0.25, 0.3) is 0 Å². The van der Waals surface area contributed by atoms with Gasteiger partial charge in [-0.2, -0.15) is 0 Å². The lowest BCUT2D eigenvalue weighted by Gasteiger charge is -2.28. The zero-order valence-corrected chi connectivity index (χ0v) is 18.3. The summed E-state index contributed by atoms with van der Waals surface area (Å²) >= 11 is 0. The molecule has 0 aromatic heterocycles. The summed E-state index contributed by atoms with van der Waals surface area (Å²) in [6, 6.07) is 9.59. The predicted molar refractivity (Wildman–Crippen MR) is 114 cm³/mol. The molecule has 0 N–H and O–H groups in total. The Hall–Kier alpha value is -2.93. The van der Waals surface area contributed by atoms with Crippen molar-refractivity contribution in [2.75, 3.05) is 40.5 Å². The Bertz CT molecular complexity index is 896. The number of allylic oxidation sites excluding steroid dienone is 2. The number of Topliss-reactive ketones (excluding diaryl/α,β-unsaturated/α-hetero) is 2. The van der Waals surface area contributed by atoms with Crippen LogP contribution in [-0.4, -0.2) is 62.9 Å². The summed E-state index contributed by atoms with van der Waals surface area (Å²) in [4.78, 5) is 40.5. The van der Waals surface area contributed by atoms with E-state index in [2.05, 4.69) is 0 Å². The maximum absolute atomic E-state index is 13.3. The molecule has 1 amide bonds. The second kappa shape index (κ2) is 10.4. The third-order valence-electron chi connectivity index (χ3n) is 5.81. The van der Waals surface area contributed by atoms with Crippen molar-refractivity contribution in [2.45, 2.75) is 32.1 Å². The van der Waals surface area contributed by atoms with Crippen LogP contribution in [-0.2, 0) is 28.6 Å². The van der Waals surface area contributed by atoms with Crippen LogP contribution in [0.3, 0.4) is 0 Å². The van der Waals surface area contributed by atoms with Gasteiger partial charge in [0.05, 0.1) is 27.4 Å². The molecule has 0 radical (unpaired) electrons. The van der Waals surface area contributed by atoms with Gasteiger partial charge in [0.15, 0.2) is 0 Å². The van der Waals surface area contributed by atoms with Gasteiger partial charge < -0.3 is 19.1 Å². The molecule has 1 atom stereocenters. The summed E-state index contributed by atoms with van der Waals surface area (Å²) in [7, 11) is 2.71. The lowest BCUT2D eigenvalue weighted by molar-refractivity contribution is -0.135. The van der Waals surface area contributed by atoms with Crippen LogP contribution < -0.4 is 0 Å². The first-order valence-electron chi connectivity index (χ1n) is 10.5. The molecule has 1 aromatic carbocycles. The number of ketones is 2. The highest BCUT2D eigenvalue weighted by atomic mass is 16.5. The Kier molecular flexibility index (Phi) is 7.63. The minimum absolute atomic E-state index is 0.0666. The molecular formula is C24H29NO6. The highest BCUT2D eigenvalue weighted by Gasteiger charge is 2.38. The third kappa shape index (κ3) is 4.88. The smallest absolute Gasteiger partial charge is 0.228 e. The summed E-state index contributed by atoms with van der Waals surface area (Å²) in [6.45, 7) is 4.00. The number of rotatable bonds is 8. The van der Waals surface area contributed by atoms with Gasteiger partial charge >= 0.3 is 0 Å². The highest BCUT2D eigenvalue weighted by molar-refractivity contribution is 6.24. The molecule has 166 valence electrons. The Morgan fingerprint density at radius 1 is 1.03 bits per heavy atom. The van der Waals surface area contributed by atoms with E-state index in [9.17, 15) is 14.4 Å². The van der Waals surface area contributed by atoms with Gasteiger partial charge in [-0.05, 0) is 25.3 Å². The fraction of sp³-hybridized carbons (Fsp3) is 0.458. The van der Waals surface area contributed by atoms with Gasteiger partial charge in [0.2, 0.25) is 29.0 Å². The van der Waals surface area contributed by atoms with Gasteiger partial charge in [-0.15, -0.1) is 0 Å². The van der Waals surface area contributed by atoms with E-state index in [0.29, 0.717) is 56.7 Å². The monoisotopic (exact) mass is 427 g/mol. The van der Waals surface area contributed by atoms with Gasteiger partial charge in [-0.25, -0.2) is 0 Å². The quantitative estimate of drug-likeness (QED) is 0.594. The average molecular weight is 427 g/mol. The molecule has 3 rings (SSSR count). The van der Waals surface area contributed by atoms with E-state index >= 15 is 0 Å². The van der Waals surface area contributed by atoms with Crippen LogP contribution in [0.15, 0.2) is 53.0 Å². The van der Waals surface area contributed by atoms with Crippen LogP contribution in [0.25, 0.3) is 0 Å². The Labute approximate surface area is 182 Å². The number of morpholine rings is 1. The molecule has 0 spiro atoms. The maximum Gasteiger partial charge on any atom is 0.228 e. The van der Waals surface area contributed by atoms with Crippen molar-refractivity contribution in [3.05, 3.63) is 58.6 Å². The number of nitrogens with zero attached hydrogens (tertiary/aromatic N) is 1. The van der Waals surface area contributed by atoms with E-state index in [1.54, 1.807) is 6.92 Å². The molecular weight excluding hydrogens is 398 g/mol. The van der Waals surface area contributed by atoms with Crippen LogP contribution >= 0.6 is 0 Å². The number of carbonyl (C=O) groups is 3.